The summed E-state index contributed by atoms with van der Waals surface area (Å²) in [6.07, 6.45) is 2.78. The number of hydrogen-bond donors (Lipinski definition) is 1. The van der Waals surface area contributed by atoms with Crippen LogP contribution in [0.3, 0.4) is 0 Å². The number of rotatable bonds is 4. The van der Waals surface area contributed by atoms with Gasteiger partial charge in [0, 0.05) is 26.0 Å². The van der Waals surface area contributed by atoms with E-state index in [1.165, 1.54) is 0 Å². The molecule has 17 heavy (non-hydrogen) atoms. The van der Waals surface area contributed by atoms with Crippen molar-refractivity contribution in [1.29, 1.82) is 0 Å². The van der Waals surface area contributed by atoms with E-state index in [-0.39, 0.29) is 0 Å². The van der Waals surface area contributed by atoms with Crippen molar-refractivity contribution in [3.63, 3.8) is 0 Å². The van der Waals surface area contributed by atoms with Crippen LogP contribution >= 0.6 is 0 Å². The van der Waals surface area contributed by atoms with E-state index in [0.29, 0.717) is 6.42 Å². The van der Waals surface area contributed by atoms with Crippen LogP contribution in [0.4, 0.5) is 0 Å². The van der Waals surface area contributed by atoms with Gasteiger partial charge >= 0.3 is 0 Å². The Labute approximate surface area is 101 Å². The highest BCUT2D eigenvalue weighted by Crippen LogP contribution is 2.19. The van der Waals surface area contributed by atoms with E-state index in [4.69, 9.17) is 0 Å². The van der Waals surface area contributed by atoms with Crippen LogP contribution in [0, 0.1) is 6.92 Å². The summed E-state index contributed by atoms with van der Waals surface area (Å²) in [6, 6.07) is 3.90. The molecule has 0 radical (unpaired) electrons. The first-order chi connectivity index (χ1) is 8.08. The summed E-state index contributed by atoms with van der Waals surface area (Å²) >= 11 is 0. The van der Waals surface area contributed by atoms with Crippen molar-refractivity contribution in [2.24, 2.45) is 14.1 Å². The molecule has 1 unspecified atom stereocenters. The Morgan fingerprint density at radius 3 is 2.65 bits per heavy atom. The Bertz CT molecular complexity index is 500. The van der Waals surface area contributed by atoms with Crippen LogP contribution in [-0.4, -0.2) is 24.7 Å². The Kier molecular flexibility index (Phi) is 3.28. The Hall–Kier alpha value is -1.62. The lowest BCUT2D eigenvalue weighted by Gasteiger charge is -2.10. The van der Waals surface area contributed by atoms with Crippen LogP contribution in [0.2, 0.25) is 0 Å². The van der Waals surface area contributed by atoms with Crippen molar-refractivity contribution in [3.05, 3.63) is 35.4 Å². The van der Waals surface area contributed by atoms with Crippen molar-refractivity contribution in [2.45, 2.75) is 25.9 Å². The van der Waals surface area contributed by atoms with Crippen molar-refractivity contribution in [1.82, 2.24) is 19.6 Å². The zero-order chi connectivity index (χ0) is 12.4. The third-order valence-corrected chi connectivity index (χ3v) is 2.98. The molecule has 0 fully saturated rings. The molecule has 1 atom stereocenters. The first kappa shape index (κ1) is 11.9. The zero-order valence-electron chi connectivity index (χ0n) is 10.5. The van der Waals surface area contributed by atoms with E-state index in [1.54, 1.807) is 10.9 Å². The van der Waals surface area contributed by atoms with Crippen molar-refractivity contribution in [3.8, 4) is 0 Å². The maximum absolute atomic E-state index is 10.1. The van der Waals surface area contributed by atoms with Crippen LogP contribution in [0.1, 0.15) is 29.6 Å². The monoisotopic (exact) mass is 234 g/mol. The molecule has 1 N–H and O–H groups in total. The molecule has 0 spiro atoms. The second-order valence-electron chi connectivity index (χ2n) is 4.33. The summed E-state index contributed by atoms with van der Waals surface area (Å²) in [5.41, 5.74) is 2.93. The summed E-state index contributed by atoms with van der Waals surface area (Å²) in [6.45, 7) is 1.93. The van der Waals surface area contributed by atoms with E-state index < -0.39 is 6.10 Å². The smallest absolute Gasteiger partial charge is 0.0960 e. The molecule has 2 aromatic heterocycles. The highest BCUT2D eigenvalue weighted by atomic mass is 16.3. The summed E-state index contributed by atoms with van der Waals surface area (Å²) in [7, 11) is 3.77. The van der Waals surface area contributed by atoms with Gasteiger partial charge in [-0.2, -0.15) is 10.2 Å². The molecule has 0 amide bonds. The van der Waals surface area contributed by atoms with Crippen LogP contribution < -0.4 is 0 Å². The number of aryl methyl sites for hydroxylation is 4. The molecule has 0 saturated carbocycles. The topological polar surface area (TPSA) is 55.9 Å². The molecule has 0 aliphatic carbocycles. The van der Waals surface area contributed by atoms with Crippen LogP contribution in [-0.2, 0) is 20.5 Å². The molecular weight excluding hydrogens is 216 g/mol. The first-order valence-corrected chi connectivity index (χ1v) is 5.73. The molecule has 0 aromatic carbocycles. The number of aliphatic hydroxyl groups excluding tert-OH is 1. The highest BCUT2D eigenvalue weighted by Gasteiger charge is 2.13. The third kappa shape index (κ3) is 2.55. The number of nitrogens with zero attached hydrogens (tertiary/aromatic N) is 4. The zero-order valence-corrected chi connectivity index (χ0v) is 10.5. The lowest BCUT2D eigenvalue weighted by Crippen LogP contribution is -2.07. The van der Waals surface area contributed by atoms with Gasteiger partial charge in [0.05, 0.1) is 17.5 Å². The van der Waals surface area contributed by atoms with Gasteiger partial charge in [-0.1, -0.05) is 0 Å². The predicted octanol–water partition coefficient (Wildman–Crippen LogP) is 1.13. The third-order valence-electron chi connectivity index (χ3n) is 2.98. The average Bonchev–Trinajstić information content (AvgIpc) is 2.81. The van der Waals surface area contributed by atoms with Gasteiger partial charge in [-0.05, 0) is 31.9 Å². The molecule has 0 bridgehead atoms. The quantitative estimate of drug-likeness (QED) is 0.862. The van der Waals surface area contributed by atoms with Crippen molar-refractivity contribution >= 4 is 0 Å². The predicted molar refractivity (Wildman–Crippen MR) is 64.4 cm³/mol. The minimum Gasteiger partial charge on any atom is -0.387 e. The second-order valence-corrected chi connectivity index (χ2v) is 4.33. The standard InChI is InChI=1S/C12H18N4O/c1-9-8-11(16(3)14-9)12(17)5-4-10-6-7-13-15(10)2/h6-8,12,17H,4-5H2,1-3H3. The van der Waals surface area contributed by atoms with Gasteiger partial charge in [-0.25, -0.2) is 0 Å². The molecule has 0 aliphatic heterocycles. The molecule has 2 heterocycles. The summed E-state index contributed by atoms with van der Waals surface area (Å²) in [5, 5.41) is 18.5. The average molecular weight is 234 g/mol. The van der Waals surface area contributed by atoms with Gasteiger partial charge in [0.2, 0.25) is 0 Å². The van der Waals surface area contributed by atoms with Crippen molar-refractivity contribution < 1.29 is 5.11 Å². The van der Waals surface area contributed by atoms with Gasteiger partial charge in [-0.15, -0.1) is 0 Å². The summed E-state index contributed by atoms with van der Waals surface area (Å²) in [5.74, 6) is 0. The maximum atomic E-state index is 10.1. The SMILES string of the molecule is Cc1cc(C(O)CCc2ccnn2C)n(C)n1. The molecule has 5 heteroatoms. The van der Waals surface area contributed by atoms with Crippen molar-refractivity contribution in [2.75, 3.05) is 0 Å². The van der Waals surface area contributed by atoms with E-state index in [1.807, 2.05) is 37.8 Å². The largest absolute Gasteiger partial charge is 0.387 e. The minimum absolute atomic E-state index is 0.476. The molecule has 0 aliphatic rings. The lowest BCUT2D eigenvalue weighted by atomic mass is 10.1. The summed E-state index contributed by atoms with van der Waals surface area (Å²) in [4.78, 5) is 0. The van der Waals surface area contributed by atoms with Crippen LogP contribution in [0.25, 0.3) is 0 Å². The Morgan fingerprint density at radius 1 is 1.35 bits per heavy atom. The fraction of sp³-hybridized carbons (Fsp3) is 0.500. The van der Waals surface area contributed by atoms with Gasteiger partial charge < -0.3 is 5.11 Å². The van der Waals surface area contributed by atoms with Crippen LogP contribution in [0.5, 0.6) is 0 Å². The second kappa shape index (κ2) is 4.71. The molecule has 92 valence electrons. The number of aliphatic hydroxyl groups is 1. The van der Waals surface area contributed by atoms with E-state index in [9.17, 15) is 5.11 Å². The first-order valence-electron chi connectivity index (χ1n) is 5.73. The Balaban J connectivity index is 2.00. The van der Waals surface area contributed by atoms with Gasteiger partial charge in [-0.3, -0.25) is 9.36 Å². The molecule has 2 aromatic rings. The fourth-order valence-electron chi connectivity index (χ4n) is 2.02. The lowest BCUT2D eigenvalue weighted by molar-refractivity contribution is 0.157. The Morgan fingerprint density at radius 2 is 2.12 bits per heavy atom. The highest BCUT2D eigenvalue weighted by molar-refractivity contribution is 5.12. The number of hydrogen-bond acceptors (Lipinski definition) is 3. The van der Waals surface area contributed by atoms with Gasteiger partial charge in [0.15, 0.2) is 0 Å². The molecular formula is C12H18N4O. The summed E-state index contributed by atoms with van der Waals surface area (Å²) < 4.78 is 3.57. The van der Waals surface area contributed by atoms with E-state index >= 15 is 0 Å². The normalized spacial score (nSPS) is 12.9. The molecule has 5 nitrogen and oxygen atoms in total. The fourth-order valence-corrected chi connectivity index (χ4v) is 2.02. The maximum Gasteiger partial charge on any atom is 0.0960 e. The van der Waals surface area contributed by atoms with Gasteiger partial charge in [0.1, 0.15) is 0 Å². The van der Waals surface area contributed by atoms with E-state index in [2.05, 4.69) is 10.2 Å². The molecule has 2 rings (SSSR count). The van der Waals surface area contributed by atoms with Gasteiger partial charge in [0.25, 0.3) is 0 Å². The van der Waals surface area contributed by atoms with Crippen LogP contribution in [0.15, 0.2) is 18.3 Å². The number of aromatic nitrogens is 4. The molecule has 0 saturated heterocycles. The minimum atomic E-state index is -0.476. The van der Waals surface area contributed by atoms with E-state index in [0.717, 1.165) is 23.5 Å².